The van der Waals surface area contributed by atoms with Crippen LogP contribution in [0.1, 0.15) is 36.2 Å². The lowest BCUT2D eigenvalue weighted by molar-refractivity contribution is 0.0789. The third-order valence-corrected chi connectivity index (χ3v) is 3.04. The van der Waals surface area contributed by atoms with Crippen LogP contribution < -0.4 is 5.73 Å². The highest BCUT2D eigenvalue weighted by Crippen LogP contribution is 2.09. The van der Waals surface area contributed by atoms with Crippen molar-refractivity contribution < 1.29 is 4.79 Å². The quantitative estimate of drug-likeness (QED) is 0.831. The van der Waals surface area contributed by atoms with Crippen LogP contribution in [0.3, 0.4) is 0 Å². The van der Waals surface area contributed by atoms with Gasteiger partial charge in [0.05, 0.1) is 0 Å². The molecule has 0 saturated carbocycles. The maximum Gasteiger partial charge on any atom is 0.253 e. The minimum absolute atomic E-state index is 0.0325. The number of benzene rings is 1. The summed E-state index contributed by atoms with van der Waals surface area (Å²) in [5.74, 6) is 0.627. The van der Waals surface area contributed by atoms with E-state index in [0.717, 1.165) is 18.5 Å². The molecule has 0 aliphatic carbocycles. The first-order chi connectivity index (χ1) is 8.41. The van der Waals surface area contributed by atoms with E-state index in [1.807, 2.05) is 7.05 Å². The Morgan fingerprint density at radius 3 is 2.22 bits per heavy atom. The molecule has 0 spiro atoms. The molecule has 0 saturated heterocycles. The van der Waals surface area contributed by atoms with Gasteiger partial charge in [-0.15, -0.1) is 0 Å². The molecule has 0 fully saturated rings. The highest BCUT2D eigenvalue weighted by molar-refractivity contribution is 7.80. The predicted molar refractivity (Wildman–Crippen MR) is 78.7 cm³/mol. The summed E-state index contributed by atoms with van der Waals surface area (Å²) in [6.07, 6.45) is 1.01. The van der Waals surface area contributed by atoms with E-state index in [9.17, 15) is 4.79 Å². The van der Waals surface area contributed by atoms with Gasteiger partial charge in [0.15, 0.2) is 0 Å². The summed E-state index contributed by atoms with van der Waals surface area (Å²) in [5.41, 5.74) is 6.97. The Balaban J connectivity index is 2.69. The van der Waals surface area contributed by atoms with Crippen LogP contribution in [0.2, 0.25) is 0 Å². The average Bonchev–Trinajstić information content (AvgIpc) is 2.35. The first-order valence-corrected chi connectivity index (χ1v) is 6.48. The van der Waals surface area contributed by atoms with Crippen molar-refractivity contribution in [2.75, 3.05) is 13.6 Å². The van der Waals surface area contributed by atoms with Crippen molar-refractivity contribution in [1.29, 1.82) is 0 Å². The number of rotatable bonds is 5. The summed E-state index contributed by atoms with van der Waals surface area (Å²) in [6.45, 7) is 5.07. The van der Waals surface area contributed by atoms with Crippen molar-refractivity contribution in [3.63, 3.8) is 0 Å². The summed E-state index contributed by atoms with van der Waals surface area (Å²) in [5, 5.41) is 0. The van der Waals surface area contributed by atoms with E-state index < -0.39 is 0 Å². The van der Waals surface area contributed by atoms with Gasteiger partial charge in [0, 0.05) is 24.7 Å². The van der Waals surface area contributed by atoms with Gasteiger partial charge in [0.2, 0.25) is 0 Å². The van der Waals surface area contributed by atoms with E-state index in [2.05, 4.69) is 13.8 Å². The second-order valence-electron chi connectivity index (χ2n) is 4.85. The van der Waals surface area contributed by atoms with Gasteiger partial charge in [-0.25, -0.2) is 0 Å². The Morgan fingerprint density at radius 1 is 1.28 bits per heavy atom. The van der Waals surface area contributed by atoms with Crippen LogP contribution in [0.15, 0.2) is 24.3 Å². The van der Waals surface area contributed by atoms with Crippen molar-refractivity contribution in [1.82, 2.24) is 4.90 Å². The van der Waals surface area contributed by atoms with Crippen LogP contribution in [-0.2, 0) is 0 Å². The Labute approximate surface area is 114 Å². The molecule has 0 radical (unpaired) electrons. The SMILES string of the molecule is CC(C)CCN(C)C(=O)c1ccc(C(N)=S)cc1. The van der Waals surface area contributed by atoms with E-state index in [1.165, 1.54) is 0 Å². The van der Waals surface area contributed by atoms with Gasteiger partial charge in [-0.05, 0) is 24.5 Å². The van der Waals surface area contributed by atoms with Gasteiger partial charge < -0.3 is 10.6 Å². The van der Waals surface area contributed by atoms with Crippen molar-refractivity contribution in [3.8, 4) is 0 Å². The van der Waals surface area contributed by atoms with Gasteiger partial charge in [-0.1, -0.05) is 38.2 Å². The predicted octanol–water partition coefficient (Wildman–Crippen LogP) is 2.44. The third kappa shape index (κ3) is 4.11. The second-order valence-corrected chi connectivity index (χ2v) is 5.29. The summed E-state index contributed by atoms with van der Waals surface area (Å²) in [4.78, 5) is 14.2. The Morgan fingerprint density at radius 2 is 1.78 bits per heavy atom. The fraction of sp³-hybridized carbons (Fsp3) is 0.429. The maximum atomic E-state index is 12.1. The average molecular weight is 264 g/mol. The van der Waals surface area contributed by atoms with Crippen LogP contribution in [0.4, 0.5) is 0 Å². The van der Waals surface area contributed by atoms with Gasteiger partial charge >= 0.3 is 0 Å². The molecular weight excluding hydrogens is 244 g/mol. The molecule has 0 bridgehead atoms. The number of amides is 1. The molecule has 98 valence electrons. The largest absolute Gasteiger partial charge is 0.389 e. The number of hydrogen-bond donors (Lipinski definition) is 1. The highest BCUT2D eigenvalue weighted by atomic mass is 32.1. The summed E-state index contributed by atoms with van der Waals surface area (Å²) in [6, 6.07) is 7.10. The maximum absolute atomic E-state index is 12.1. The lowest BCUT2D eigenvalue weighted by Crippen LogP contribution is -2.28. The molecule has 0 aliphatic rings. The van der Waals surface area contributed by atoms with E-state index in [0.29, 0.717) is 16.5 Å². The zero-order valence-electron chi connectivity index (χ0n) is 11.1. The van der Waals surface area contributed by atoms with E-state index in [4.69, 9.17) is 18.0 Å². The van der Waals surface area contributed by atoms with Gasteiger partial charge in [-0.2, -0.15) is 0 Å². The zero-order valence-corrected chi connectivity index (χ0v) is 12.0. The molecule has 4 heteroatoms. The Bertz CT molecular complexity index is 426. The van der Waals surface area contributed by atoms with Crippen molar-refractivity contribution in [2.24, 2.45) is 11.7 Å². The molecule has 0 heterocycles. The monoisotopic (exact) mass is 264 g/mol. The number of nitrogens with zero attached hydrogens (tertiary/aromatic N) is 1. The standard InChI is InChI=1S/C14H20N2OS/c1-10(2)8-9-16(3)14(17)12-6-4-11(5-7-12)13(15)18/h4-7,10H,8-9H2,1-3H3,(H2,15,18). The molecule has 0 unspecified atom stereocenters. The summed E-state index contributed by atoms with van der Waals surface area (Å²) < 4.78 is 0. The lowest BCUT2D eigenvalue weighted by Gasteiger charge is -2.18. The van der Waals surface area contributed by atoms with Crippen LogP contribution >= 0.6 is 12.2 Å². The molecule has 1 rings (SSSR count). The summed E-state index contributed by atoms with van der Waals surface area (Å²) in [7, 11) is 1.83. The molecular formula is C14H20N2OS. The number of nitrogens with two attached hydrogens (primary N) is 1. The van der Waals surface area contributed by atoms with Crippen LogP contribution in [0.25, 0.3) is 0 Å². The molecule has 2 N–H and O–H groups in total. The number of hydrogen-bond acceptors (Lipinski definition) is 2. The molecule has 0 aromatic heterocycles. The fourth-order valence-corrected chi connectivity index (χ4v) is 1.69. The van der Waals surface area contributed by atoms with Gasteiger partial charge in [0.25, 0.3) is 5.91 Å². The number of thiocarbonyl (C=S) groups is 1. The van der Waals surface area contributed by atoms with Crippen molar-refractivity contribution in [2.45, 2.75) is 20.3 Å². The molecule has 1 aromatic carbocycles. The molecule has 0 atom stereocenters. The van der Waals surface area contributed by atoms with Crippen LogP contribution in [0, 0.1) is 5.92 Å². The van der Waals surface area contributed by atoms with Gasteiger partial charge in [-0.3, -0.25) is 4.79 Å². The van der Waals surface area contributed by atoms with E-state index in [1.54, 1.807) is 29.2 Å². The van der Waals surface area contributed by atoms with Crippen LogP contribution in [-0.4, -0.2) is 29.4 Å². The first-order valence-electron chi connectivity index (χ1n) is 6.07. The van der Waals surface area contributed by atoms with Crippen molar-refractivity contribution >= 4 is 23.1 Å². The minimum atomic E-state index is 0.0325. The number of carbonyl (C=O) groups is 1. The third-order valence-electron chi connectivity index (χ3n) is 2.80. The van der Waals surface area contributed by atoms with Crippen LogP contribution in [0.5, 0.6) is 0 Å². The topological polar surface area (TPSA) is 46.3 Å². The molecule has 3 nitrogen and oxygen atoms in total. The number of carbonyl (C=O) groups excluding carboxylic acids is 1. The highest BCUT2D eigenvalue weighted by Gasteiger charge is 2.11. The van der Waals surface area contributed by atoms with E-state index in [-0.39, 0.29) is 5.91 Å². The van der Waals surface area contributed by atoms with Gasteiger partial charge in [0.1, 0.15) is 4.99 Å². The van der Waals surface area contributed by atoms with E-state index >= 15 is 0 Å². The first kappa shape index (κ1) is 14.6. The summed E-state index contributed by atoms with van der Waals surface area (Å²) >= 11 is 4.88. The molecule has 0 aliphatic heterocycles. The van der Waals surface area contributed by atoms with Crippen molar-refractivity contribution in [3.05, 3.63) is 35.4 Å². The lowest BCUT2D eigenvalue weighted by atomic mass is 10.1. The Kier molecular flexibility index (Phi) is 5.28. The second kappa shape index (κ2) is 6.50. The minimum Gasteiger partial charge on any atom is -0.389 e. The normalized spacial score (nSPS) is 10.4. The Hall–Kier alpha value is -1.42. The molecule has 1 aromatic rings. The fourth-order valence-electron chi connectivity index (χ4n) is 1.55. The molecule has 18 heavy (non-hydrogen) atoms. The molecule has 1 amide bonds. The zero-order chi connectivity index (χ0) is 13.7. The smallest absolute Gasteiger partial charge is 0.253 e.